The van der Waals surface area contributed by atoms with Gasteiger partial charge >= 0.3 is 5.97 Å². The standard InChI is InChI=1S/C24H24FN3O3/c1-15-5-8-19(24(30)31-4)13-22(15)28-16(2)11-20(17(28)3)14-26-27-23(29)12-18-6-9-21(25)10-7-18/h5-11,13-14H,12H2,1-4H3,(H,27,29)/b26-14+. The van der Waals surface area contributed by atoms with Gasteiger partial charge in [0, 0.05) is 22.6 Å². The molecule has 0 fully saturated rings. The van der Waals surface area contributed by atoms with Crippen molar-refractivity contribution in [3.8, 4) is 5.69 Å². The number of amides is 1. The minimum absolute atomic E-state index is 0.107. The predicted molar refractivity (Wildman–Crippen MR) is 117 cm³/mol. The van der Waals surface area contributed by atoms with Crippen LogP contribution in [0.1, 0.15) is 38.4 Å². The number of rotatable bonds is 6. The molecule has 0 bridgehead atoms. The van der Waals surface area contributed by atoms with Crippen molar-refractivity contribution < 1.29 is 18.7 Å². The number of benzene rings is 2. The number of nitrogens with zero attached hydrogens (tertiary/aromatic N) is 2. The third-order valence-corrected chi connectivity index (χ3v) is 5.01. The molecule has 160 valence electrons. The van der Waals surface area contributed by atoms with Crippen LogP contribution in [0.25, 0.3) is 5.69 Å². The number of ether oxygens (including phenoxy) is 1. The van der Waals surface area contributed by atoms with Crippen LogP contribution < -0.4 is 5.43 Å². The van der Waals surface area contributed by atoms with Crippen LogP contribution in [0.5, 0.6) is 0 Å². The lowest BCUT2D eigenvalue weighted by Crippen LogP contribution is -2.19. The van der Waals surface area contributed by atoms with Gasteiger partial charge in [0.1, 0.15) is 5.82 Å². The van der Waals surface area contributed by atoms with Gasteiger partial charge in [0.05, 0.1) is 25.3 Å². The molecule has 31 heavy (non-hydrogen) atoms. The van der Waals surface area contributed by atoms with Gasteiger partial charge in [-0.25, -0.2) is 14.6 Å². The molecule has 7 heteroatoms. The van der Waals surface area contributed by atoms with E-state index in [0.717, 1.165) is 28.2 Å². The van der Waals surface area contributed by atoms with E-state index in [-0.39, 0.29) is 18.1 Å². The number of carbonyl (C=O) groups excluding carboxylic acids is 2. The fourth-order valence-corrected chi connectivity index (χ4v) is 3.39. The number of aromatic nitrogens is 1. The fraction of sp³-hybridized carbons (Fsp3) is 0.208. The van der Waals surface area contributed by atoms with Crippen molar-refractivity contribution in [3.05, 3.63) is 88.0 Å². The van der Waals surface area contributed by atoms with E-state index in [1.54, 1.807) is 30.5 Å². The number of nitrogens with one attached hydrogen (secondary N) is 1. The van der Waals surface area contributed by atoms with Crippen LogP contribution in [-0.4, -0.2) is 29.8 Å². The number of esters is 1. The Morgan fingerprint density at radius 3 is 2.48 bits per heavy atom. The summed E-state index contributed by atoms with van der Waals surface area (Å²) >= 11 is 0. The highest BCUT2D eigenvalue weighted by molar-refractivity contribution is 5.90. The van der Waals surface area contributed by atoms with E-state index in [4.69, 9.17) is 4.74 Å². The van der Waals surface area contributed by atoms with Crippen molar-refractivity contribution in [2.45, 2.75) is 27.2 Å². The van der Waals surface area contributed by atoms with E-state index in [1.165, 1.54) is 19.2 Å². The molecular formula is C24H24FN3O3. The zero-order valence-electron chi connectivity index (χ0n) is 17.9. The summed E-state index contributed by atoms with van der Waals surface area (Å²) in [7, 11) is 1.35. The first kappa shape index (κ1) is 22.0. The molecule has 0 saturated carbocycles. The second-order valence-corrected chi connectivity index (χ2v) is 7.25. The lowest BCUT2D eigenvalue weighted by atomic mass is 10.1. The third kappa shape index (κ3) is 5.06. The summed E-state index contributed by atoms with van der Waals surface area (Å²) in [6, 6.07) is 13.1. The van der Waals surface area contributed by atoms with Crippen LogP contribution in [0.3, 0.4) is 0 Å². The number of halogens is 1. The average molecular weight is 421 g/mol. The van der Waals surface area contributed by atoms with Crippen LogP contribution in [0.2, 0.25) is 0 Å². The maximum absolute atomic E-state index is 13.0. The van der Waals surface area contributed by atoms with Crippen molar-refractivity contribution in [1.82, 2.24) is 9.99 Å². The molecule has 1 aromatic heterocycles. The molecule has 0 unspecified atom stereocenters. The maximum atomic E-state index is 13.0. The number of carbonyl (C=O) groups is 2. The van der Waals surface area contributed by atoms with Gasteiger partial charge in [0.15, 0.2) is 0 Å². The van der Waals surface area contributed by atoms with E-state index >= 15 is 0 Å². The fourth-order valence-electron chi connectivity index (χ4n) is 3.39. The normalized spacial score (nSPS) is 11.0. The first-order chi connectivity index (χ1) is 14.8. The molecule has 1 heterocycles. The second kappa shape index (κ2) is 9.38. The summed E-state index contributed by atoms with van der Waals surface area (Å²) in [5, 5.41) is 4.06. The number of methoxy groups -OCH3 is 1. The summed E-state index contributed by atoms with van der Waals surface area (Å²) in [4.78, 5) is 24.0. The van der Waals surface area contributed by atoms with Gasteiger partial charge in [-0.2, -0.15) is 5.10 Å². The Balaban J connectivity index is 1.78. The highest BCUT2D eigenvalue weighted by Crippen LogP contribution is 2.24. The zero-order valence-corrected chi connectivity index (χ0v) is 17.9. The molecular weight excluding hydrogens is 397 g/mol. The Kier molecular flexibility index (Phi) is 6.65. The molecule has 0 aliphatic carbocycles. The van der Waals surface area contributed by atoms with Crippen LogP contribution in [0, 0.1) is 26.6 Å². The van der Waals surface area contributed by atoms with Crippen LogP contribution in [0.4, 0.5) is 4.39 Å². The Hall–Kier alpha value is -3.74. The van der Waals surface area contributed by atoms with E-state index in [0.29, 0.717) is 11.1 Å². The highest BCUT2D eigenvalue weighted by atomic mass is 19.1. The van der Waals surface area contributed by atoms with E-state index in [2.05, 4.69) is 10.5 Å². The number of hydrogen-bond acceptors (Lipinski definition) is 4. The Bertz CT molecular complexity index is 1150. The minimum Gasteiger partial charge on any atom is -0.465 e. The maximum Gasteiger partial charge on any atom is 0.337 e. The monoisotopic (exact) mass is 421 g/mol. The molecule has 0 aliphatic rings. The predicted octanol–water partition coefficient (Wildman–Crippen LogP) is 4.02. The van der Waals surface area contributed by atoms with Gasteiger partial charge in [-0.05, 0) is 62.2 Å². The molecule has 1 amide bonds. The summed E-state index contributed by atoms with van der Waals surface area (Å²) in [5.74, 6) is -1.03. The van der Waals surface area contributed by atoms with Crippen LogP contribution >= 0.6 is 0 Å². The lowest BCUT2D eigenvalue weighted by molar-refractivity contribution is -0.120. The van der Waals surface area contributed by atoms with Gasteiger partial charge in [-0.3, -0.25) is 4.79 Å². The van der Waals surface area contributed by atoms with Gasteiger partial charge in [0.25, 0.3) is 0 Å². The number of hydrogen-bond donors (Lipinski definition) is 1. The van der Waals surface area contributed by atoms with E-state index in [9.17, 15) is 14.0 Å². The van der Waals surface area contributed by atoms with Crippen molar-refractivity contribution in [1.29, 1.82) is 0 Å². The first-order valence-electron chi connectivity index (χ1n) is 9.74. The second-order valence-electron chi connectivity index (χ2n) is 7.25. The molecule has 0 aliphatic heterocycles. The largest absolute Gasteiger partial charge is 0.465 e. The highest BCUT2D eigenvalue weighted by Gasteiger charge is 2.14. The van der Waals surface area contributed by atoms with Crippen molar-refractivity contribution in [3.63, 3.8) is 0 Å². The van der Waals surface area contributed by atoms with Gasteiger partial charge < -0.3 is 9.30 Å². The molecule has 3 aromatic rings. The van der Waals surface area contributed by atoms with E-state index in [1.807, 2.05) is 37.5 Å². The molecule has 2 aromatic carbocycles. The molecule has 3 rings (SSSR count). The molecule has 6 nitrogen and oxygen atoms in total. The molecule has 0 saturated heterocycles. The topological polar surface area (TPSA) is 72.7 Å². The number of hydrazone groups is 1. The van der Waals surface area contributed by atoms with Gasteiger partial charge in [0.2, 0.25) is 5.91 Å². The Morgan fingerprint density at radius 1 is 1.10 bits per heavy atom. The lowest BCUT2D eigenvalue weighted by Gasteiger charge is -2.14. The Labute approximate surface area is 180 Å². The Morgan fingerprint density at radius 2 is 1.81 bits per heavy atom. The van der Waals surface area contributed by atoms with Crippen molar-refractivity contribution in [2.75, 3.05) is 7.11 Å². The average Bonchev–Trinajstić information content (AvgIpc) is 3.02. The van der Waals surface area contributed by atoms with Gasteiger partial charge in [-0.15, -0.1) is 0 Å². The molecule has 0 atom stereocenters. The van der Waals surface area contributed by atoms with Crippen LogP contribution in [-0.2, 0) is 16.0 Å². The van der Waals surface area contributed by atoms with Crippen LogP contribution in [0.15, 0.2) is 53.6 Å². The zero-order chi connectivity index (χ0) is 22.5. The smallest absolute Gasteiger partial charge is 0.337 e. The van der Waals surface area contributed by atoms with Crippen molar-refractivity contribution in [2.24, 2.45) is 5.10 Å². The van der Waals surface area contributed by atoms with Crippen molar-refractivity contribution >= 4 is 18.1 Å². The first-order valence-corrected chi connectivity index (χ1v) is 9.74. The summed E-state index contributed by atoms with van der Waals surface area (Å²) in [6.45, 7) is 5.87. The molecule has 0 spiro atoms. The van der Waals surface area contributed by atoms with E-state index < -0.39 is 5.97 Å². The summed E-state index contributed by atoms with van der Waals surface area (Å²) in [5.41, 5.74) is 8.26. The minimum atomic E-state index is -0.394. The summed E-state index contributed by atoms with van der Waals surface area (Å²) in [6.07, 6.45) is 1.69. The SMILES string of the molecule is COC(=O)c1ccc(C)c(-n2c(C)cc(/C=N/NC(=O)Cc3ccc(F)cc3)c2C)c1. The third-order valence-electron chi connectivity index (χ3n) is 5.01. The quantitative estimate of drug-likeness (QED) is 0.371. The van der Waals surface area contributed by atoms with Gasteiger partial charge in [-0.1, -0.05) is 18.2 Å². The number of aryl methyl sites for hydroxylation is 2. The summed E-state index contributed by atoms with van der Waals surface area (Å²) < 4.78 is 19.8. The molecule has 1 N–H and O–H groups in total. The molecule has 0 radical (unpaired) electrons.